The molecule has 0 aromatic heterocycles. The molecule has 4 atom stereocenters. The molecule has 0 saturated heterocycles. The Labute approximate surface area is 185 Å². The summed E-state index contributed by atoms with van der Waals surface area (Å²) < 4.78 is 6.33. The van der Waals surface area contributed by atoms with Crippen molar-refractivity contribution < 1.29 is 9.53 Å². The fourth-order valence-corrected chi connectivity index (χ4v) is 6.31. The quantitative estimate of drug-likeness (QED) is 0.428. The summed E-state index contributed by atoms with van der Waals surface area (Å²) >= 11 is 0. The molecular weight excluding hydrogens is 368 g/mol. The van der Waals surface area contributed by atoms with Crippen molar-refractivity contribution in [3.63, 3.8) is 0 Å². The molecule has 3 rings (SSSR count). The maximum Gasteiger partial charge on any atom is 0.312 e. The third-order valence-corrected chi connectivity index (χ3v) is 8.66. The van der Waals surface area contributed by atoms with Gasteiger partial charge >= 0.3 is 5.97 Å². The molecule has 1 aromatic rings. The molecule has 4 unspecified atom stereocenters. The molecule has 2 heteroatoms. The first-order valence-electron chi connectivity index (χ1n) is 12.5. The standard InChI is InChI=1S/C28H44O2/c1-8-10-16-26(5,9-2)30-25(29)28(7)18-11-17-27(6)23-14-12-21(20(3)4)19-22(23)13-15-24(27)28/h12,14,19-20,24H,8-11,13,15-18H2,1-7H3. The van der Waals surface area contributed by atoms with Gasteiger partial charge in [-0.05, 0) is 92.7 Å². The monoisotopic (exact) mass is 412 g/mol. The highest BCUT2D eigenvalue weighted by atomic mass is 16.6. The summed E-state index contributed by atoms with van der Waals surface area (Å²) in [6.07, 6.45) is 9.51. The number of hydrogen-bond acceptors (Lipinski definition) is 2. The normalized spacial score (nSPS) is 30.3. The minimum absolute atomic E-state index is 0.0566. The third-order valence-electron chi connectivity index (χ3n) is 8.66. The molecule has 0 spiro atoms. The Kier molecular flexibility index (Phi) is 6.75. The van der Waals surface area contributed by atoms with Gasteiger partial charge < -0.3 is 4.74 Å². The number of benzene rings is 1. The van der Waals surface area contributed by atoms with Gasteiger partial charge in [0.2, 0.25) is 0 Å². The number of ether oxygens (including phenoxy) is 1. The molecule has 0 aliphatic heterocycles. The van der Waals surface area contributed by atoms with Crippen LogP contribution >= 0.6 is 0 Å². The molecule has 0 N–H and O–H groups in total. The highest BCUT2D eigenvalue weighted by Gasteiger charge is 2.56. The number of carbonyl (C=O) groups excluding carboxylic acids is 1. The Morgan fingerprint density at radius 1 is 1.23 bits per heavy atom. The lowest BCUT2D eigenvalue weighted by Gasteiger charge is -2.54. The highest BCUT2D eigenvalue weighted by molar-refractivity contribution is 5.78. The number of rotatable bonds is 7. The molecule has 2 aliphatic rings. The highest BCUT2D eigenvalue weighted by Crippen LogP contribution is 2.58. The first kappa shape index (κ1) is 23.4. The Morgan fingerprint density at radius 2 is 1.97 bits per heavy atom. The summed E-state index contributed by atoms with van der Waals surface area (Å²) in [5, 5.41) is 0. The fourth-order valence-electron chi connectivity index (χ4n) is 6.31. The second-order valence-corrected chi connectivity index (χ2v) is 11.1. The maximum atomic E-state index is 13.7. The van der Waals surface area contributed by atoms with Gasteiger partial charge in [-0.15, -0.1) is 0 Å². The van der Waals surface area contributed by atoms with Gasteiger partial charge in [-0.2, -0.15) is 0 Å². The van der Waals surface area contributed by atoms with Crippen molar-refractivity contribution in [3.8, 4) is 0 Å². The van der Waals surface area contributed by atoms with Crippen LogP contribution in [0.15, 0.2) is 18.2 Å². The van der Waals surface area contributed by atoms with Crippen LogP contribution in [0.2, 0.25) is 0 Å². The van der Waals surface area contributed by atoms with Crippen LogP contribution in [0, 0.1) is 11.3 Å². The van der Waals surface area contributed by atoms with Crippen molar-refractivity contribution in [2.75, 3.05) is 0 Å². The van der Waals surface area contributed by atoms with Gasteiger partial charge in [0.15, 0.2) is 0 Å². The van der Waals surface area contributed by atoms with Crippen molar-refractivity contribution in [3.05, 3.63) is 34.9 Å². The van der Waals surface area contributed by atoms with Crippen molar-refractivity contribution in [1.82, 2.24) is 0 Å². The molecule has 2 aliphatic carbocycles. The smallest absolute Gasteiger partial charge is 0.312 e. The number of unbranched alkanes of at least 4 members (excludes halogenated alkanes) is 1. The molecule has 2 nitrogen and oxygen atoms in total. The molecule has 0 heterocycles. The second-order valence-electron chi connectivity index (χ2n) is 11.1. The van der Waals surface area contributed by atoms with Gasteiger partial charge in [0.1, 0.15) is 5.60 Å². The first-order valence-corrected chi connectivity index (χ1v) is 12.5. The van der Waals surface area contributed by atoms with E-state index in [0.29, 0.717) is 11.8 Å². The van der Waals surface area contributed by atoms with E-state index in [0.717, 1.165) is 51.4 Å². The summed E-state index contributed by atoms with van der Waals surface area (Å²) in [5.74, 6) is 0.972. The van der Waals surface area contributed by atoms with Gasteiger partial charge in [0.05, 0.1) is 5.41 Å². The average molecular weight is 413 g/mol. The van der Waals surface area contributed by atoms with Gasteiger partial charge in [0.25, 0.3) is 0 Å². The maximum absolute atomic E-state index is 13.7. The van der Waals surface area contributed by atoms with E-state index in [1.165, 1.54) is 23.1 Å². The number of carbonyl (C=O) groups is 1. The lowest BCUT2D eigenvalue weighted by atomic mass is 9.49. The van der Waals surface area contributed by atoms with Gasteiger partial charge in [-0.3, -0.25) is 4.79 Å². The summed E-state index contributed by atoms with van der Waals surface area (Å²) in [4.78, 5) is 13.7. The average Bonchev–Trinajstić information content (AvgIpc) is 2.71. The molecule has 1 fully saturated rings. The molecule has 0 radical (unpaired) electrons. The summed E-state index contributed by atoms with van der Waals surface area (Å²) in [5.41, 5.74) is 3.79. The van der Waals surface area contributed by atoms with E-state index < -0.39 is 0 Å². The van der Waals surface area contributed by atoms with Crippen LogP contribution < -0.4 is 0 Å². The van der Waals surface area contributed by atoms with E-state index >= 15 is 0 Å². The van der Waals surface area contributed by atoms with E-state index in [4.69, 9.17) is 4.74 Å². The van der Waals surface area contributed by atoms with Crippen molar-refractivity contribution in [2.24, 2.45) is 11.3 Å². The molecule has 1 aromatic carbocycles. The van der Waals surface area contributed by atoms with Crippen molar-refractivity contribution in [1.29, 1.82) is 0 Å². The lowest BCUT2D eigenvalue weighted by molar-refractivity contribution is -0.180. The first-order chi connectivity index (χ1) is 14.1. The number of hydrogen-bond donors (Lipinski definition) is 0. The zero-order chi connectivity index (χ0) is 22.2. The third kappa shape index (κ3) is 4.08. The predicted molar refractivity (Wildman–Crippen MR) is 126 cm³/mol. The van der Waals surface area contributed by atoms with Crippen LogP contribution in [-0.2, 0) is 21.4 Å². The molecule has 30 heavy (non-hydrogen) atoms. The van der Waals surface area contributed by atoms with Crippen LogP contribution in [0.5, 0.6) is 0 Å². The minimum Gasteiger partial charge on any atom is -0.459 e. The minimum atomic E-state index is -0.385. The second kappa shape index (κ2) is 8.67. The topological polar surface area (TPSA) is 26.3 Å². The van der Waals surface area contributed by atoms with Gasteiger partial charge in [-0.1, -0.05) is 65.7 Å². The largest absolute Gasteiger partial charge is 0.459 e. The van der Waals surface area contributed by atoms with Gasteiger partial charge in [-0.25, -0.2) is 0 Å². The Balaban J connectivity index is 1.90. The molecule has 168 valence electrons. The SMILES string of the molecule is CCCCC(C)(CC)OC(=O)C1(C)CCCC2(C)c3ccc(C(C)C)cc3CCC12. The summed E-state index contributed by atoms with van der Waals surface area (Å²) in [6, 6.07) is 7.14. The van der Waals surface area contributed by atoms with E-state index in [1.54, 1.807) is 0 Å². The molecule has 0 bridgehead atoms. The van der Waals surface area contributed by atoms with E-state index in [2.05, 4.69) is 66.7 Å². The van der Waals surface area contributed by atoms with E-state index in [-0.39, 0.29) is 22.4 Å². The number of esters is 1. The molecule has 1 saturated carbocycles. The van der Waals surface area contributed by atoms with E-state index in [1.807, 2.05) is 0 Å². The molecule has 0 amide bonds. The van der Waals surface area contributed by atoms with Crippen LogP contribution in [0.1, 0.15) is 122 Å². The van der Waals surface area contributed by atoms with E-state index in [9.17, 15) is 4.79 Å². The summed E-state index contributed by atoms with van der Waals surface area (Å²) in [7, 11) is 0. The van der Waals surface area contributed by atoms with Crippen molar-refractivity contribution >= 4 is 5.97 Å². The Morgan fingerprint density at radius 3 is 2.60 bits per heavy atom. The van der Waals surface area contributed by atoms with Gasteiger partial charge in [0, 0.05) is 0 Å². The van der Waals surface area contributed by atoms with Crippen molar-refractivity contribution in [2.45, 2.75) is 123 Å². The predicted octanol–water partition coefficient (Wildman–Crippen LogP) is 7.72. The zero-order valence-electron chi connectivity index (χ0n) is 20.6. The zero-order valence-corrected chi connectivity index (χ0v) is 20.6. The van der Waals surface area contributed by atoms with Crippen LogP contribution in [-0.4, -0.2) is 11.6 Å². The van der Waals surface area contributed by atoms with Crippen LogP contribution in [0.25, 0.3) is 0 Å². The number of aryl methyl sites for hydroxylation is 1. The Bertz CT molecular complexity index is 766. The Hall–Kier alpha value is -1.31. The number of fused-ring (bicyclic) bond motifs is 3. The fraction of sp³-hybridized carbons (Fsp3) is 0.750. The van der Waals surface area contributed by atoms with Crippen LogP contribution in [0.4, 0.5) is 0 Å². The van der Waals surface area contributed by atoms with Crippen LogP contribution in [0.3, 0.4) is 0 Å². The summed E-state index contributed by atoms with van der Waals surface area (Å²) in [6.45, 7) is 15.7. The lowest BCUT2D eigenvalue weighted by Crippen LogP contribution is -2.54. The molecular formula is C28H44O2.